The van der Waals surface area contributed by atoms with Gasteiger partial charge in [-0.3, -0.25) is 4.79 Å². The van der Waals surface area contributed by atoms with Crippen LogP contribution in [0.4, 0.5) is 4.39 Å². The van der Waals surface area contributed by atoms with Gasteiger partial charge in [0.2, 0.25) is 0 Å². The second-order valence-electron chi connectivity index (χ2n) is 6.62. The van der Waals surface area contributed by atoms with Crippen LogP contribution in [0.25, 0.3) is 0 Å². The number of nitriles is 1. The third-order valence-corrected chi connectivity index (χ3v) is 4.63. The average molecular weight is 408 g/mol. The highest BCUT2D eigenvalue weighted by molar-refractivity contribution is 6.30. The quantitative estimate of drug-likeness (QED) is 0.427. The Morgan fingerprint density at radius 3 is 2.86 bits per heavy atom. The number of allylic oxidation sites excluding steroid dienone is 2. The summed E-state index contributed by atoms with van der Waals surface area (Å²) in [6.07, 6.45) is 4.01. The van der Waals surface area contributed by atoms with Crippen molar-refractivity contribution in [1.82, 2.24) is 10.3 Å². The van der Waals surface area contributed by atoms with Crippen molar-refractivity contribution in [2.75, 3.05) is 6.61 Å². The van der Waals surface area contributed by atoms with Crippen molar-refractivity contribution >= 4 is 17.5 Å². The topological polar surface area (TPSA) is 117 Å². The summed E-state index contributed by atoms with van der Waals surface area (Å²) < 4.78 is 18.5. The molecule has 0 aliphatic heterocycles. The van der Waals surface area contributed by atoms with E-state index in [2.05, 4.69) is 18.0 Å². The van der Waals surface area contributed by atoms with Gasteiger partial charge in [0.1, 0.15) is 11.6 Å². The Bertz CT molecular complexity index is 802. The highest BCUT2D eigenvalue weighted by Crippen LogP contribution is 2.29. The Morgan fingerprint density at radius 1 is 1.50 bits per heavy atom. The minimum absolute atomic E-state index is 0.0194. The maximum atomic E-state index is 13.3. The second-order valence-corrected chi connectivity index (χ2v) is 7.03. The van der Waals surface area contributed by atoms with E-state index in [0.717, 1.165) is 18.9 Å². The number of carbonyl (C=O) groups excluding carboxylic acids is 1. The number of benzene rings is 1. The lowest BCUT2D eigenvalue weighted by atomic mass is 9.81. The summed E-state index contributed by atoms with van der Waals surface area (Å²) in [5.74, 6) is 5.15. The molecule has 0 spiro atoms. The first-order valence-corrected chi connectivity index (χ1v) is 9.10. The van der Waals surface area contributed by atoms with Gasteiger partial charge in [0.15, 0.2) is 6.61 Å². The number of hydrazine groups is 1. The molecule has 7 nitrogen and oxygen atoms in total. The van der Waals surface area contributed by atoms with Gasteiger partial charge in [0.25, 0.3) is 5.91 Å². The Morgan fingerprint density at radius 2 is 2.21 bits per heavy atom. The molecule has 5 N–H and O–H groups in total. The zero-order chi connectivity index (χ0) is 20.7. The molecule has 0 saturated heterocycles. The number of nitrogens with two attached hydrogens (primary N) is 2. The number of rotatable bonds is 9. The first-order valence-electron chi connectivity index (χ1n) is 8.72. The summed E-state index contributed by atoms with van der Waals surface area (Å²) in [6, 6.07) is 6.26. The van der Waals surface area contributed by atoms with Gasteiger partial charge < -0.3 is 20.8 Å². The summed E-state index contributed by atoms with van der Waals surface area (Å²) in [5.41, 5.74) is 6.97. The predicted octanol–water partition coefficient (Wildman–Crippen LogP) is 2.55. The Hall–Kier alpha value is -2.76. The van der Waals surface area contributed by atoms with Gasteiger partial charge in [-0.15, -0.1) is 0 Å². The molecule has 0 heterocycles. The van der Waals surface area contributed by atoms with Crippen LogP contribution < -0.4 is 21.6 Å². The standard InChI is InChI=1S/C19H23ClFN5O2/c1-12(2-3-14(23)10-26(24)15-6-13(7-15)9-22)25-19(27)11-28-16-4-5-17(20)18(21)8-16/h4-5,8,10,13,15H,1-3,6-7,11,23-24H2,(H,25,27)/b14-10-. The molecule has 0 atom stereocenters. The minimum Gasteiger partial charge on any atom is -0.484 e. The number of ether oxygens (including phenoxy) is 1. The highest BCUT2D eigenvalue weighted by Gasteiger charge is 2.31. The van der Waals surface area contributed by atoms with Crippen LogP contribution in [0.15, 0.2) is 42.4 Å². The number of halogens is 2. The lowest BCUT2D eigenvalue weighted by Gasteiger charge is -2.36. The molecule has 1 saturated carbocycles. The van der Waals surface area contributed by atoms with Gasteiger partial charge in [0.05, 0.1) is 17.0 Å². The van der Waals surface area contributed by atoms with Gasteiger partial charge in [0, 0.05) is 29.7 Å². The Kier molecular flexibility index (Phi) is 7.67. The third-order valence-electron chi connectivity index (χ3n) is 4.32. The molecular formula is C19H23ClFN5O2. The maximum Gasteiger partial charge on any atom is 0.262 e. The van der Waals surface area contributed by atoms with E-state index >= 15 is 0 Å². The summed E-state index contributed by atoms with van der Waals surface area (Å²) in [6.45, 7) is 3.49. The summed E-state index contributed by atoms with van der Waals surface area (Å²) in [7, 11) is 0. The first-order chi connectivity index (χ1) is 13.3. The molecule has 0 radical (unpaired) electrons. The van der Waals surface area contributed by atoms with Crippen LogP contribution in [0.2, 0.25) is 5.02 Å². The molecule has 9 heteroatoms. The molecule has 0 aromatic heterocycles. The summed E-state index contributed by atoms with van der Waals surface area (Å²) in [5, 5.41) is 12.9. The molecule has 1 aromatic carbocycles. The van der Waals surface area contributed by atoms with Crippen LogP contribution in [0.5, 0.6) is 5.75 Å². The van der Waals surface area contributed by atoms with E-state index in [1.165, 1.54) is 17.1 Å². The molecule has 1 aliphatic carbocycles. The lowest BCUT2D eigenvalue weighted by Crippen LogP contribution is -2.45. The van der Waals surface area contributed by atoms with E-state index in [-0.39, 0.29) is 29.3 Å². The van der Waals surface area contributed by atoms with Crippen LogP contribution in [-0.4, -0.2) is 23.6 Å². The van der Waals surface area contributed by atoms with E-state index in [1.807, 2.05) is 0 Å². The van der Waals surface area contributed by atoms with Crippen LogP contribution in [0, 0.1) is 23.1 Å². The number of nitrogens with zero attached hydrogens (tertiary/aromatic N) is 2. The monoisotopic (exact) mass is 407 g/mol. The molecule has 2 rings (SSSR count). The van der Waals surface area contributed by atoms with Gasteiger partial charge in [-0.1, -0.05) is 18.2 Å². The van der Waals surface area contributed by atoms with Crippen molar-refractivity contribution in [3.8, 4) is 11.8 Å². The fourth-order valence-electron chi connectivity index (χ4n) is 2.60. The molecule has 1 aliphatic rings. The highest BCUT2D eigenvalue weighted by atomic mass is 35.5. The molecule has 1 aromatic rings. The van der Waals surface area contributed by atoms with Gasteiger partial charge >= 0.3 is 0 Å². The van der Waals surface area contributed by atoms with Gasteiger partial charge in [-0.2, -0.15) is 5.26 Å². The SMILES string of the molecule is C=C(CC/C(N)=C/N(N)C1CC(C#N)C1)NC(=O)COc1ccc(Cl)c(F)c1. The molecule has 1 fully saturated rings. The smallest absolute Gasteiger partial charge is 0.262 e. The van der Waals surface area contributed by atoms with Crippen molar-refractivity contribution in [2.45, 2.75) is 31.7 Å². The molecule has 28 heavy (non-hydrogen) atoms. The third kappa shape index (κ3) is 6.44. The van der Waals surface area contributed by atoms with E-state index in [1.54, 1.807) is 6.20 Å². The first kappa shape index (κ1) is 21.5. The predicted molar refractivity (Wildman–Crippen MR) is 104 cm³/mol. The van der Waals surface area contributed by atoms with Crippen LogP contribution in [0.3, 0.4) is 0 Å². The normalized spacial score (nSPS) is 18.6. The maximum absolute atomic E-state index is 13.3. The average Bonchev–Trinajstić information content (AvgIpc) is 2.60. The summed E-state index contributed by atoms with van der Waals surface area (Å²) >= 11 is 5.59. The number of hydrogen-bond donors (Lipinski definition) is 3. The number of nitrogens with one attached hydrogen (secondary N) is 1. The summed E-state index contributed by atoms with van der Waals surface area (Å²) in [4.78, 5) is 11.9. The van der Waals surface area contributed by atoms with Crippen LogP contribution in [-0.2, 0) is 4.79 Å². The van der Waals surface area contributed by atoms with Crippen LogP contribution >= 0.6 is 11.6 Å². The minimum atomic E-state index is -0.620. The van der Waals surface area contributed by atoms with Crippen molar-refractivity contribution in [2.24, 2.45) is 17.5 Å². The van der Waals surface area contributed by atoms with E-state index in [9.17, 15) is 9.18 Å². The number of amides is 1. The van der Waals surface area contributed by atoms with Gasteiger partial charge in [-0.25, -0.2) is 10.2 Å². The zero-order valence-electron chi connectivity index (χ0n) is 15.3. The van der Waals surface area contributed by atoms with Crippen molar-refractivity contribution in [1.29, 1.82) is 5.26 Å². The van der Waals surface area contributed by atoms with Crippen molar-refractivity contribution in [3.05, 3.63) is 53.2 Å². The second kappa shape index (κ2) is 9.97. The Balaban J connectivity index is 1.68. The lowest BCUT2D eigenvalue weighted by molar-refractivity contribution is -0.122. The number of hydrogen-bond acceptors (Lipinski definition) is 6. The largest absolute Gasteiger partial charge is 0.484 e. The van der Waals surface area contributed by atoms with E-state index < -0.39 is 11.7 Å². The van der Waals surface area contributed by atoms with Crippen molar-refractivity contribution in [3.63, 3.8) is 0 Å². The van der Waals surface area contributed by atoms with E-state index in [0.29, 0.717) is 24.2 Å². The molecule has 150 valence electrons. The fourth-order valence-corrected chi connectivity index (χ4v) is 2.72. The molecule has 0 unspecified atom stereocenters. The Labute approximate surface area is 168 Å². The fraction of sp³-hybridized carbons (Fsp3) is 0.368. The molecule has 0 bridgehead atoms. The zero-order valence-corrected chi connectivity index (χ0v) is 16.1. The van der Waals surface area contributed by atoms with Gasteiger partial charge in [-0.05, 0) is 37.8 Å². The molecular weight excluding hydrogens is 385 g/mol. The van der Waals surface area contributed by atoms with E-state index in [4.69, 9.17) is 33.2 Å². The van der Waals surface area contributed by atoms with Crippen LogP contribution in [0.1, 0.15) is 25.7 Å². The van der Waals surface area contributed by atoms with Crippen molar-refractivity contribution < 1.29 is 13.9 Å². The number of carbonyl (C=O) groups is 1. The molecule has 1 amide bonds.